The van der Waals surface area contributed by atoms with Crippen LogP contribution in [0, 0.1) is 0 Å². The summed E-state index contributed by atoms with van der Waals surface area (Å²) < 4.78 is 10.7. The number of carboxylic acids is 1. The molecule has 6 nitrogen and oxygen atoms in total. The van der Waals surface area contributed by atoms with Gasteiger partial charge in [-0.2, -0.15) is 0 Å². The van der Waals surface area contributed by atoms with E-state index in [1.807, 2.05) is 6.92 Å². The number of amides is 2. The molecule has 100 valence electrons. The van der Waals surface area contributed by atoms with E-state index in [-0.39, 0.29) is 0 Å². The molecular formula is C10H20N2O4S. The quantitative estimate of drug-likeness (QED) is 0.550. The number of aliphatic carboxylic acids is 1. The van der Waals surface area contributed by atoms with E-state index in [1.165, 1.54) is 0 Å². The SMILES string of the molecule is CCC[C@@H](NC(=O)NCCCS(C)=O)C(=O)O. The summed E-state index contributed by atoms with van der Waals surface area (Å²) in [5.74, 6) is -0.505. The van der Waals surface area contributed by atoms with E-state index in [4.69, 9.17) is 5.11 Å². The number of carbonyl (C=O) groups excluding carboxylic acids is 1. The third-order valence-electron chi connectivity index (χ3n) is 2.07. The number of hydrogen-bond acceptors (Lipinski definition) is 3. The van der Waals surface area contributed by atoms with E-state index in [0.29, 0.717) is 31.6 Å². The van der Waals surface area contributed by atoms with Gasteiger partial charge in [-0.1, -0.05) is 13.3 Å². The Morgan fingerprint density at radius 1 is 1.41 bits per heavy atom. The summed E-state index contributed by atoms with van der Waals surface area (Å²) in [7, 11) is -0.867. The van der Waals surface area contributed by atoms with Crippen LogP contribution in [0.15, 0.2) is 0 Å². The highest BCUT2D eigenvalue weighted by Crippen LogP contribution is 1.96. The van der Waals surface area contributed by atoms with Gasteiger partial charge in [0, 0.05) is 29.4 Å². The van der Waals surface area contributed by atoms with E-state index in [9.17, 15) is 13.8 Å². The van der Waals surface area contributed by atoms with Crippen molar-refractivity contribution in [3.8, 4) is 0 Å². The molecule has 0 radical (unpaired) electrons. The number of hydrogen-bond donors (Lipinski definition) is 3. The number of carboxylic acid groups (broad SMARTS) is 1. The topological polar surface area (TPSA) is 95.5 Å². The van der Waals surface area contributed by atoms with E-state index < -0.39 is 28.8 Å². The van der Waals surface area contributed by atoms with Crippen LogP contribution in [0.3, 0.4) is 0 Å². The summed E-state index contributed by atoms with van der Waals surface area (Å²) in [5, 5.41) is 13.7. The van der Waals surface area contributed by atoms with Gasteiger partial charge in [0.1, 0.15) is 6.04 Å². The normalized spacial score (nSPS) is 13.8. The maximum atomic E-state index is 11.3. The second kappa shape index (κ2) is 8.98. The van der Waals surface area contributed by atoms with E-state index in [0.717, 1.165) is 0 Å². The molecule has 0 rings (SSSR count). The molecule has 0 aromatic carbocycles. The van der Waals surface area contributed by atoms with Crippen LogP contribution >= 0.6 is 0 Å². The Kier molecular flexibility index (Phi) is 8.39. The molecule has 1 unspecified atom stereocenters. The zero-order valence-electron chi connectivity index (χ0n) is 10.2. The molecule has 0 spiro atoms. The van der Waals surface area contributed by atoms with Crippen molar-refractivity contribution in [2.45, 2.75) is 32.2 Å². The predicted octanol–water partition coefficient (Wildman–Crippen LogP) is 0.308. The molecule has 0 saturated heterocycles. The summed E-state index contributed by atoms with van der Waals surface area (Å²) in [6.07, 6.45) is 3.30. The third kappa shape index (κ3) is 8.67. The average Bonchev–Trinajstić information content (AvgIpc) is 2.23. The summed E-state index contributed by atoms with van der Waals surface area (Å²) in [4.78, 5) is 22.1. The number of rotatable bonds is 8. The van der Waals surface area contributed by atoms with Crippen LogP contribution in [0.1, 0.15) is 26.2 Å². The largest absolute Gasteiger partial charge is 0.480 e. The average molecular weight is 264 g/mol. The molecule has 0 aliphatic carbocycles. The van der Waals surface area contributed by atoms with Crippen LogP contribution in [0.25, 0.3) is 0 Å². The van der Waals surface area contributed by atoms with E-state index in [2.05, 4.69) is 10.6 Å². The Hall–Kier alpha value is -1.11. The lowest BCUT2D eigenvalue weighted by molar-refractivity contribution is -0.139. The number of carbonyl (C=O) groups is 2. The highest BCUT2D eigenvalue weighted by atomic mass is 32.2. The van der Waals surface area contributed by atoms with Gasteiger partial charge < -0.3 is 15.7 Å². The van der Waals surface area contributed by atoms with Gasteiger partial charge in [-0.05, 0) is 12.8 Å². The van der Waals surface area contributed by atoms with Crippen molar-refractivity contribution >= 4 is 22.8 Å². The summed E-state index contributed by atoms with van der Waals surface area (Å²) >= 11 is 0. The van der Waals surface area contributed by atoms with Crippen LogP contribution in [0.2, 0.25) is 0 Å². The molecule has 0 fully saturated rings. The van der Waals surface area contributed by atoms with Crippen molar-refractivity contribution in [2.24, 2.45) is 0 Å². The molecule has 0 aromatic heterocycles. The van der Waals surface area contributed by atoms with Crippen molar-refractivity contribution in [1.29, 1.82) is 0 Å². The van der Waals surface area contributed by atoms with Gasteiger partial charge in [0.25, 0.3) is 0 Å². The Morgan fingerprint density at radius 3 is 2.53 bits per heavy atom. The molecule has 2 amide bonds. The molecule has 0 aliphatic rings. The minimum atomic E-state index is -1.03. The lowest BCUT2D eigenvalue weighted by atomic mass is 10.2. The smallest absolute Gasteiger partial charge is 0.326 e. The standard InChI is InChI=1S/C10H20N2O4S/c1-3-5-8(9(13)14)12-10(15)11-6-4-7-17(2)16/h8H,3-7H2,1-2H3,(H,13,14)(H2,11,12,15)/t8-,17?/m1/s1. The van der Waals surface area contributed by atoms with Crippen molar-refractivity contribution in [3.63, 3.8) is 0 Å². The first-order valence-electron chi connectivity index (χ1n) is 5.54. The molecular weight excluding hydrogens is 244 g/mol. The molecule has 0 aliphatic heterocycles. The fourth-order valence-electron chi connectivity index (χ4n) is 1.23. The van der Waals surface area contributed by atoms with Crippen LogP contribution in [-0.4, -0.2) is 45.9 Å². The molecule has 0 saturated carbocycles. The predicted molar refractivity (Wildman–Crippen MR) is 66.4 cm³/mol. The second-order valence-electron chi connectivity index (χ2n) is 3.71. The minimum Gasteiger partial charge on any atom is -0.480 e. The van der Waals surface area contributed by atoms with Crippen molar-refractivity contribution in [1.82, 2.24) is 10.6 Å². The van der Waals surface area contributed by atoms with Gasteiger partial charge in [-0.3, -0.25) is 4.21 Å². The summed E-state index contributed by atoms with van der Waals surface area (Å²) in [6, 6.07) is -1.34. The monoisotopic (exact) mass is 264 g/mol. The Morgan fingerprint density at radius 2 is 2.06 bits per heavy atom. The molecule has 0 aromatic rings. The Bertz CT molecular complexity index is 283. The first-order chi connectivity index (χ1) is 7.97. The van der Waals surface area contributed by atoms with Gasteiger partial charge in [0.05, 0.1) is 0 Å². The van der Waals surface area contributed by atoms with E-state index >= 15 is 0 Å². The molecule has 3 N–H and O–H groups in total. The van der Waals surface area contributed by atoms with Gasteiger partial charge in [0.15, 0.2) is 0 Å². The molecule has 2 atom stereocenters. The number of nitrogens with one attached hydrogen (secondary N) is 2. The van der Waals surface area contributed by atoms with Crippen LogP contribution in [0.5, 0.6) is 0 Å². The minimum absolute atomic E-state index is 0.393. The first kappa shape index (κ1) is 15.9. The fraction of sp³-hybridized carbons (Fsp3) is 0.800. The molecule has 7 heteroatoms. The lowest BCUT2D eigenvalue weighted by Gasteiger charge is -2.14. The first-order valence-corrected chi connectivity index (χ1v) is 7.27. The highest BCUT2D eigenvalue weighted by molar-refractivity contribution is 7.84. The Labute approximate surface area is 104 Å². The second-order valence-corrected chi connectivity index (χ2v) is 5.27. The van der Waals surface area contributed by atoms with Gasteiger partial charge in [-0.15, -0.1) is 0 Å². The van der Waals surface area contributed by atoms with Crippen molar-refractivity contribution in [3.05, 3.63) is 0 Å². The molecule has 17 heavy (non-hydrogen) atoms. The molecule has 0 heterocycles. The summed E-state index contributed by atoms with van der Waals surface area (Å²) in [6.45, 7) is 2.25. The maximum absolute atomic E-state index is 11.3. The van der Waals surface area contributed by atoms with Crippen molar-refractivity contribution < 1.29 is 18.9 Å². The lowest BCUT2D eigenvalue weighted by Crippen LogP contribution is -2.46. The van der Waals surface area contributed by atoms with E-state index in [1.54, 1.807) is 6.26 Å². The molecule has 0 bridgehead atoms. The fourth-order valence-corrected chi connectivity index (χ4v) is 1.78. The maximum Gasteiger partial charge on any atom is 0.326 e. The van der Waals surface area contributed by atoms with Gasteiger partial charge in [0.2, 0.25) is 0 Å². The number of urea groups is 1. The van der Waals surface area contributed by atoms with Crippen LogP contribution in [0.4, 0.5) is 4.79 Å². The highest BCUT2D eigenvalue weighted by Gasteiger charge is 2.18. The van der Waals surface area contributed by atoms with Crippen LogP contribution in [-0.2, 0) is 15.6 Å². The van der Waals surface area contributed by atoms with Crippen LogP contribution < -0.4 is 10.6 Å². The van der Waals surface area contributed by atoms with Gasteiger partial charge >= 0.3 is 12.0 Å². The zero-order valence-corrected chi connectivity index (χ0v) is 11.0. The summed E-state index contributed by atoms with van der Waals surface area (Å²) in [5.41, 5.74) is 0. The third-order valence-corrected chi connectivity index (χ3v) is 2.94. The zero-order chi connectivity index (χ0) is 13.3. The van der Waals surface area contributed by atoms with Gasteiger partial charge in [-0.25, -0.2) is 9.59 Å². The Balaban J connectivity index is 3.82. The van der Waals surface area contributed by atoms with Crippen molar-refractivity contribution in [2.75, 3.05) is 18.6 Å².